The normalized spacial score (nSPS) is 22.1. The number of aromatic nitrogens is 1. The minimum atomic E-state index is -2.81. The van der Waals surface area contributed by atoms with Crippen LogP contribution in [0.4, 0.5) is 23.2 Å². The Morgan fingerprint density at radius 1 is 1.15 bits per heavy atom. The lowest BCUT2D eigenvalue weighted by Crippen LogP contribution is -2.52. The molecule has 0 bridgehead atoms. The molecule has 1 saturated heterocycles. The molecule has 2 aromatic rings. The van der Waals surface area contributed by atoms with Crippen molar-refractivity contribution >= 4 is 17.5 Å². The number of nitrogens with zero attached hydrogens (tertiary/aromatic N) is 2. The summed E-state index contributed by atoms with van der Waals surface area (Å²) in [5, 5.41) is 5.83. The van der Waals surface area contributed by atoms with Gasteiger partial charge in [0.25, 0.3) is 0 Å². The van der Waals surface area contributed by atoms with E-state index in [0.29, 0.717) is 12.1 Å². The molecule has 1 aliphatic heterocycles. The van der Waals surface area contributed by atoms with Gasteiger partial charge in [0.1, 0.15) is 17.7 Å². The van der Waals surface area contributed by atoms with E-state index in [4.69, 9.17) is 4.74 Å². The maximum atomic E-state index is 15.8. The third-order valence-electron chi connectivity index (χ3n) is 7.64. The summed E-state index contributed by atoms with van der Waals surface area (Å²) < 4.78 is 63.1. The van der Waals surface area contributed by atoms with Gasteiger partial charge < -0.3 is 15.4 Å². The van der Waals surface area contributed by atoms with Crippen LogP contribution in [-0.4, -0.2) is 54.6 Å². The van der Waals surface area contributed by atoms with Crippen LogP contribution in [0.25, 0.3) is 0 Å². The highest BCUT2D eigenvalue weighted by Crippen LogP contribution is 2.36. The first-order valence-corrected chi connectivity index (χ1v) is 13.5. The van der Waals surface area contributed by atoms with Crippen LogP contribution in [0, 0.1) is 11.6 Å². The standard InChI is InChI=1S/C29H36F4N4O3/c1-28(2,3)18-5-6-24(22(31)12-18)37(27(39)23-13-21(40-4)16-35-23)25(17-11-19(30)15-34-14-17)26(38)36-20-7-9-29(32,33)10-8-20/h5-6,11-12,14-15,20-21,23,25,35H,7-10,13,16H2,1-4H3,(H,36,38). The van der Waals surface area contributed by atoms with E-state index in [1.54, 1.807) is 6.07 Å². The zero-order valence-electron chi connectivity index (χ0n) is 23.1. The number of methoxy groups -OCH3 is 1. The molecule has 0 radical (unpaired) electrons. The fraction of sp³-hybridized carbons (Fsp3) is 0.552. The lowest BCUT2D eigenvalue weighted by Gasteiger charge is -2.36. The Hall–Kier alpha value is -3.05. The average molecular weight is 565 g/mol. The van der Waals surface area contributed by atoms with Crippen LogP contribution in [0.3, 0.4) is 0 Å². The molecule has 2 heterocycles. The number of hydrogen-bond acceptors (Lipinski definition) is 5. The second-order valence-electron chi connectivity index (χ2n) is 11.7. The Kier molecular flexibility index (Phi) is 8.84. The number of nitrogens with one attached hydrogen (secondary N) is 2. The highest BCUT2D eigenvalue weighted by Gasteiger charge is 2.42. The van der Waals surface area contributed by atoms with Crippen molar-refractivity contribution in [3.63, 3.8) is 0 Å². The summed E-state index contributed by atoms with van der Waals surface area (Å²) in [6, 6.07) is 2.59. The van der Waals surface area contributed by atoms with E-state index in [0.717, 1.165) is 17.2 Å². The molecule has 3 unspecified atom stereocenters. The predicted molar refractivity (Wildman–Crippen MR) is 142 cm³/mol. The molecule has 0 spiro atoms. The number of rotatable bonds is 7. The maximum absolute atomic E-state index is 15.8. The van der Waals surface area contributed by atoms with Gasteiger partial charge in [0.05, 0.1) is 24.0 Å². The van der Waals surface area contributed by atoms with Crippen molar-refractivity contribution in [2.24, 2.45) is 0 Å². The number of carbonyl (C=O) groups excluding carboxylic acids is 2. The molecule has 11 heteroatoms. The van der Waals surface area contributed by atoms with Crippen molar-refractivity contribution in [3.05, 3.63) is 59.4 Å². The van der Waals surface area contributed by atoms with E-state index in [-0.39, 0.29) is 54.9 Å². The lowest BCUT2D eigenvalue weighted by atomic mass is 9.86. The average Bonchev–Trinajstić information content (AvgIpc) is 3.37. The lowest BCUT2D eigenvalue weighted by molar-refractivity contribution is -0.128. The van der Waals surface area contributed by atoms with Gasteiger partial charge in [-0.3, -0.25) is 19.5 Å². The molecule has 4 rings (SSSR count). The van der Waals surface area contributed by atoms with Crippen LogP contribution in [0.5, 0.6) is 0 Å². The van der Waals surface area contributed by atoms with Gasteiger partial charge in [0.15, 0.2) is 0 Å². The van der Waals surface area contributed by atoms with E-state index in [1.807, 2.05) is 20.8 Å². The molecule has 2 fully saturated rings. The third kappa shape index (κ3) is 6.80. The molecule has 2 aliphatic rings. The van der Waals surface area contributed by atoms with Crippen molar-refractivity contribution in [3.8, 4) is 0 Å². The molecule has 3 atom stereocenters. The summed E-state index contributed by atoms with van der Waals surface area (Å²) in [5.41, 5.74) is 0.142. The molecule has 218 valence electrons. The summed E-state index contributed by atoms with van der Waals surface area (Å²) in [7, 11) is 1.52. The second-order valence-corrected chi connectivity index (χ2v) is 11.7. The summed E-state index contributed by atoms with van der Waals surface area (Å²) in [4.78, 5) is 32.8. The first kappa shape index (κ1) is 29.9. The summed E-state index contributed by atoms with van der Waals surface area (Å²) in [6.45, 7) is 6.13. The maximum Gasteiger partial charge on any atom is 0.248 e. The molecule has 1 aromatic heterocycles. The summed E-state index contributed by atoms with van der Waals surface area (Å²) in [6.07, 6.45) is 1.50. The molecule has 1 aliphatic carbocycles. The van der Waals surface area contributed by atoms with Crippen LogP contribution in [0.1, 0.15) is 70.0 Å². The van der Waals surface area contributed by atoms with E-state index in [9.17, 15) is 22.8 Å². The first-order chi connectivity index (χ1) is 18.8. The molecule has 2 amide bonds. The summed E-state index contributed by atoms with van der Waals surface area (Å²) in [5.74, 6) is -5.64. The number of hydrogen-bond donors (Lipinski definition) is 2. The number of pyridine rings is 1. The zero-order valence-corrected chi connectivity index (χ0v) is 23.1. The van der Waals surface area contributed by atoms with Crippen LogP contribution in [0.2, 0.25) is 0 Å². The summed E-state index contributed by atoms with van der Waals surface area (Å²) >= 11 is 0. The molecular formula is C29H36F4N4O3. The van der Waals surface area contributed by atoms with E-state index >= 15 is 4.39 Å². The van der Waals surface area contributed by atoms with Gasteiger partial charge >= 0.3 is 0 Å². The van der Waals surface area contributed by atoms with E-state index in [2.05, 4.69) is 15.6 Å². The topological polar surface area (TPSA) is 83.6 Å². The van der Waals surface area contributed by atoms with Gasteiger partial charge in [-0.15, -0.1) is 0 Å². The van der Waals surface area contributed by atoms with Gasteiger partial charge in [0.2, 0.25) is 17.7 Å². The molecule has 40 heavy (non-hydrogen) atoms. The molecule has 2 N–H and O–H groups in total. The highest BCUT2D eigenvalue weighted by molar-refractivity contribution is 6.04. The van der Waals surface area contributed by atoms with Gasteiger partial charge in [-0.1, -0.05) is 26.8 Å². The Balaban J connectivity index is 1.78. The number of amides is 2. The van der Waals surface area contributed by atoms with Crippen molar-refractivity contribution < 1.29 is 31.9 Å². The Morgan fingerprint density at radius 2 is 1.85 bits per heavy atom. The van der Waals surface area contributed by atoms with Crippen molar-refractivity contribution in [1.29, 1.82) is 0 Å². The number of anilines is 1. The molecule has 7 nitrogen and oxygen atoms in total. The Labute approximate surface area is 231 Å². The number of alkyl halides is 2. The fourth-order valence-corrected chi connectivity index (χ4v) is 5.25. The van der Waals surface area contributed by atoms with Crippen molar-refractivity contribution in [2.75, 3.05) is 18.6 Å². The molecule has 1 aromatic carbocycles. The second kappa shape index (κ2) is 11.8. The van der Waals surface area contributed by atoms with Gasteiger partial charge in [-0.25, -0.2) is 17.6 Å². The number of ether oxygens (including phenoxy) is 1. The monoisotopic (exact) mass is 564 g/mol. The van der Waals surface area contributed by atoms with Crippen molar-refractivity contribution in [2.45, 2.75) is 88.4 Å². The fourth-order valence-electron chi connectivity index (χ4n) is 5.25. The SMILES string of the molecule is COC1CNC(C(=O)N(c2ccc(C(C)(C)C)cc2F)C(C(=O)NC2CCC(F)(F)CC2)c2cncc(F)c2)C1. The van der Waals surface area contributed by atoms with Crippen LogP contribution >= 0.6 is 0 Å². The zero-order chi connectivity index (χ0) is 29.2. The minimum Gasteiger partial charge on any atom is -0.380 e. The van der Waals surface area contributed by atoms with Crippen LogP contribution in [0.15, 0.2) is 36.7 Å². The van der Waals surface area contributed by atoms with Gasteiger partial charge in [0, 0.05) is 44.3 Å². The number of halogens is 4. The quantitative estimate of drug-likeness (QED) is 0.472. The predicted octanol–water partition coefficient (Wildman–Crippen LogP) is 4.80. The Morgan fingerprint density at radius 3 is 2.42 bits per heavy atom. The molecule has 1 saturated carbocycles. The van der Waals surface area contributed by atoms with Crippen LogP contribution < -0.4 is 15.5 Å². The van der Waals surface area contributed by atoms with Crippen molar-refractivity contribution in [1.82, 2.24) is 15.6 Å². The van der Waals surface area contributed by atoms with Gasteiger partial charge in [-0.05, 0) is 48.4 Å². The number of carbonyl (C=O) groups is 2. The number of benzene rings is 1. The smallest absolute Gasteiger partial charge is 0.248 e. The Bertz CT molecular complexity index is 1230. The third-order valence-corrected chi connectivity index (χ3v) is 7.64. The van der Waals surface area contributed by atoms with E-state index < -0.39 is 47.5 Å². The van der Waals surface area contributed by atoms with Gasteiger partial charge in [-0.2, -0.15) is 0 Å². The largest absolute Gasteiger partial charge is 0.380 e. The van der Waals surface area contributed by atoms with Crippen LogP contribution in [-0.2, 0) is 19.7 Å². The molecular weight excluding hydrogens is 528 g/mol. The highest BCUT2D eigenvalue weighted by atomic mass is 19.3. The first-order valence-electron chi connectivity index (χ1n) is 13.5. The van der Waals surface area contributed by atoms with E-state index in [1.165, 1.54) is 25.4 Å². The minimum absolute atomic E-state index is 0.0209.